The number of rotatable bonds is 10. The average Bonchev–Trinajstić information content (AvgIpc) is 3.27. The van der Waals surface area contributed by atoms with Gasteiger partial charge in [0.2, 0.25) is 17.7 Å². The number of amides is 3. The van der Waals surface area contributed by atoms with E-state index in [1.54, 1.807) is 12.1 Å². The number of phenols is 1. The summed E-state index contributed by atoms with van der Waals surface area (Å²) < 4.78 is 0. The maximum Gasteiger partial charge on any atom is 0.325 e. The van der Waals surface area contributed by atoms with Gasteiger partial charge in [0.15, 0.2) is 0 Å². The van der Waals surface area contributed by atoms with E-state index in [2.05, 4.69) is 10.6 Å². The van der Waals surface area contributed by atoms with Crippen molar-refractivity contribution >= 4 is 23.7 Å². The van der Waals surface area contributed by atoms with Gasteiger partial charge >= 0.3 is 5.97 Å². The number of nitrogens with two attached hydrogens (primary N) is 1. The number of carbonyl (C=O) groups excluding carboxylic acids is 3. The van der Waals surface area contributed by atoms with Crippen LogP contribution in [0.15, 0.2) is 24.3 Å². The van der Waals surface area contributed by atoms with Crippen molar-refractivity contribution in [1.82, 2.24) is 15.5 Å². The fraction of sp³-hybridized carbons (Fsp3) is 0.565. The lowest BCUT2D eigenvalue weighted by Gasteiger charge is -2.32. The summed E-state index contributed by atoms with van der Waals surface area (Å²) in [5, 5.41) is 23.6. The van der Waals surface area contributed by atoms with E-state index in [1.165, 1.54) is 24.0 Å². The molecule has 33 heavy (non-hydrogen) atoms. The zero-order valence-corrected chi connectivity index (χ0v) is 19.3. The Morgan fingerprint density at radius 3 is 2.36 bits per heavy atom. The molecule has 1 aromatic carbocycles. The first-order valence-corrected chi connectivity index (χ1v) is 11.2. The molecule has 5 atom stereocenters. The van der Waals surface area contributed by atoms with E-state index in [9.17, 15) is 24.3 Å². The van der Waals surface area contributed by atoms with Crippen LogP contribution in [0.4, 0.5) is 0 Å². The van der Waals surface area contributed by atoms with Crippen LogP contribution >= 0.6 is 0 Å². The van der Waals surface area contributed by atoms with Crippen molar-refractivity contribution in [3.05, 3.63) is 29.8 Å². The number of nitrogens with zero attached hydrogens (tertiary/aromatic N) is 1. The fourth-order valence-electron chi connectivity index (χ4n) is 3.78. The van der Waals surface area contributed by atoms with Crippen molar-refractivity contribution in [2.24, 2.45) is 11.7 Å². The lowest BCUT2D eigenvalue weighted by molar-refractivity contribution is -0.145. The Morgan fingerprint density at radius 1 is 1.15 bits per heavy atom. The zero-order valence-electron chi connectivity index (χ0n) is 19.3. The van der Waals surface area contributed by atoms with Crippen molar-refractivity contribution in [3.8, 4) is 5.75 Å². The molecule has 0 aromatic heterocycles. The highest BCUT2D eigenvalue weighted by atomic mass is 16.4. The van der Waals surface area contributed by atoms with Crippen LogP contribution in [-0.2, 0) is 25.6 Å². The molecule has 1 aliphatic rings. The largest absolute Gasteiger partial charge is 0.508 e. The number of nitrogens with one attached hydrogen (secondary N) is 2. The van der Waals surface area contributed by atoms with Gasteiger partial charge < -0.3 is 31.5 Å². The first-order chi connectivity index (χ1) is 15.5. The normalized spacial score (nSPS) is 19.3. The number of carbonyl (C=O) groups is 4. The van der Waals surface area contributed by atoms with Crippen molar-refractivity contribution in [3.63, 3.8) is 0 Å². The van der Waals surface area contributed by atoms with Gasteiger partial charge in [-0.1, -0.05) is 32.4 Å². The third kappa shape index (κ3) is 6.92. The van der Waals surface area contributed by atoms with Gasteiger partial charge in [-0.15, -0.1) is 0 Å². The van der Waals surface area contributed by atoms with Gasteiger partial charge in [-0.2, -0.15) is 0 Å². The first-order valence-electron chi connectivity index (χ1n) is 11.2. The van der Waals surface area contributed by atoms with Gasteiger partial charge in [-0.25, -0.2) is 0 Å². The first kappa shape index (κ1) is 26.1. The van der Waals surface area contributed by atoms with E-state index < -0.39 is 42.0 Å². The molecule has 0 bridgehead atoms. The number of benzene rings is 1. The molecule has 3 amide bonds. The Balaban J connectivity index is 2.10. The van der Waals surface area contributed by atoms with Crippen LogP contribution in [0, 0.1) is 5.92 Å². The number of hydrogen-bond donors (Lipinski definition) is 5. The second-order valence-corrected chi connectivity index (χ2v) is 8.61. The molecule has 1 saturated heterocycles. The van der Waals surface area contributed by atoms with Crippen LogP contribution in [0.5, 0.6) is 5.75 Å². The zero-order chi connectivity index (χ0) is 24.7. The van der Waals surface area contributed by atoms with Gasteiger partial charge in [0, 0.05) is 6.54 Å². The number of phenolic OH excluding ortho intramolecular Hbond substituents is 1. The summed E-state index contributed by atoms with van der Waals surface area (Å²) in [6.45, 7) is 5.45. The molecule has 1 aromatic rings. The van der Waals surface area contributed by atoms with Gasteiger partial charge in [0.1, 0.15) is 23.9 Å². The highest BCUT2D eigenvalue weighted by Crippen LogP contribution is 2.22. The molecule has 6 N–H and O–H groups in total. The van der Waals surface area contributed by atoms with Crippen molar-refractivity contribution in [2.45, 2.75) is 70.6 Å². The quantitative estimate of drug-likeness (QED) is 0.335. The van der Waals surface area contributed by atoms with E-state index in [0.29, 0.717) is 25.8 Å². The average molecular weight is 463 g/mol. The number of carboxylic acids is 1. The predicted octanol–water partition coefficient (Wildman–Crippen LogP) is 0.373. The Bertz CT molecular complexity index is 859. The van der Waals surface area contributed by atoms with Crippen LogP contribution in [0.3, 0.4) is 0 Å². The number of likely N-dealkylation sites (tertiary alicyclic amines) is 1. The third-order valence-corrected chi connectivity index (χ3v) is 6.07. The molecular weight excluding hydrogens is 428 g/mol. The summed E-state index contributed by atoms with van der Waals surface area (Å²) in [6.07, 6.45) is 1.87. The monoisotopic (exact) mass is 462 g/mol. The minimum atomic E-state index is -1.16. The molecule has 182 valence electrons. The Kier molecular flexibility index (Phi) is 9.22. The van der Waals surface area contributed by atoms with Crippen LogP contribution < -0.4 is 16.4 Å². The lowest BCUT2D eigenvalue weighted by Crippen LogP contribution is -2.58. The predicted molar refractivity (Wildman–Crippen MR) is 121 cm³/mol. The second-order valence-electron chi connectivity index (χ2n) is 8.61. The van der Waals surface area contributed by atoms with Crippen molar-refractivity contribution in [1.29, 1.82) is 0 Å². The third-order valence-electron chi connectivity index (χ3n) is 6.07. The highest BCUT2D eigenvalue weighted by molar-refractivity contribution is 5.94. The molecule has 5 unspecified atom stereocenters. The maximum absolute atomic E-state index is 13.4. The Hall–Kier alpha value is -3.14. The van der Waals surface area contributed by atoms with Gasteiger partial charge in [0.05, 0.1) is 6.04 Å². The molecule has 1 fully saturated rings. The molecule has 10 heteroatoms. The molecule has 0 spiro atoms. The number of aliphatic carboxylic acids is 1. The van der Waals surface area contributed by atoms with E-state index in [0.717, 1.165) is 5.56 Å². The minimum absolute atomic E-state index is 0.112. The smallest absolute Gasteiger partial charge is 0.325 e. The molecular formula is C23H34N4O6. The summed E-state index contributed by atoms with van der Waals surface area (Å²) in [5.74, 6) is -2.64. The molecule has 0 radical (unpaired) electrons. The molecule has 1 heterocycles. The van der Waals surface area contributed by atoms with Crippen molar-refractivity contribution < 1.29 is 29.4 Å². The summed E-state index contributed by atoms with van der Waals surface area (Å²) in [4.78, 5) is 51.3. The fourth-order valence-corrected chi connectivity index (χ4v) is 3.78. The summed E-state index contributed by atoms with van der Waals surface area (Å²) >= 11 is 0. The summed E-state index contributed by atoms with van der Waals surface area (Å²) in [7, 11) is 0. The van der Waals surface area contributed by atoms with Crippen LogP contribution in [0.1, 0.15) is 45.6 Å². The van der Waals surface area contributed by atoms with E-state index in [4.69, 9.17) is 10.8 Å². The molecule has 0 saturated carbocycles. The molecule has 2 rings (SSSR count). The number of hydrogen-bond acceptors (Lipinski definition) is 6. The summed E-state index contributed by atoms with van der Waals surface area (Å²) in [6, 6.07) is 2.74. The highest BCUT2D eigenvalue weighted by Gasteiger charge is 2.40. The van der Waals surface area contributed by atoms with E-state index >= 15 is 0 Å². The molecule has 1 aliphatic heterocycles. The topological polar surface area (TPSA) is 162 Å². The van der Waals surface area contributed by atoms with Crippen LogP contribution in [0.25, 0.3) is 0 Å². The lowest BCUT2D eigenvalue weighted by atomic mass is 9.96. The molecule has 0 aliphatic carbocycles. The number of carboxylic acid groups (broad SMARTS) is 1. The Labute approximate surface area is 193 Å². The SMILES string of the molecule is CCC(C)C(NC(=O)C(N)Cc1ccc(O)cc1)C(=O)N1CCCC1C(=O)NC(C)C(=O)O. The Morgan fingerprint density at radius 2 is 1.79 bits per heavy atom. The van der Waals surface area contributed by atoms with E-state index in [-0.39, 0.29) is 24.0 Å². The maximum atomic E-state index is 13.4. The van der Waals surface area contributed by atoms with Gasteiger partial charge in [0.25, 0.3) is 0 Å². The number of aromatic hydroxyl groups is 1. The van der Waals surface area contributed by atoms with Gasteiger partial charge in [-0.05, 0) is 49.8 Å². The van der Waals surface area contributed by atoms with Gasteiger partial charge in [-0.3, -0.25) is 19.2 Å². The van der Waals surface area contributed by atoms with Crippen molar-refractivity contribution in [2.75, 3.05) is 6.54 Å². The van der Waals surface area contributed by atoms with Crippen LogP contribution in [0.2, 0.25) is 0 Å². The second kappa shape index (κ2) is 11.6. The summed E-state index contributed by atoms with van der Waals surface area (Å²) in [5.41, 5.74) is 6.84. The molecule has 10 nitrogen and oxygen atoms in total. The standard InChI is InChI=1S/C23H34N4O6/c1-4-13(2)19(26-20(29)17(24)12-15-7-9-16(28)10-8-15)22(31)27-11-5-6-18(27)21(30)25-14(3)23(32)33/h7-10,13-14,17-19,28H,4-6,11-12,24H2,1-3H3,(H,25,30)(H,26,29)(H,32,33). The van der Waals surface area contributed by atoms with E-state index in [1.807, 2.05) is 13.8 Å². The minimum Gasteiger partial charge on any atom is -0.508 e. The van der Waals surface area contributed by atoms with Crippen LogP contribution in [-0.4, -0.2) is 69.5 Å².